The molecule has 90 valence electrons. The summed E-state index contributed by atoms with van der Waals surface area (Å²) in [4.78, 5) is 11.4. The van der Waals surface area contributed by atoms with E-state index in [4.69, 9.17) is 13.9 Å². The van der Waals surface area contributed by atoms with Crippen LogP contribution in [0.3, 0.4) is 0 Å². The van der Waals surface area contributed by atoms with E-state index in [0.29, 0.717) is 17.1 Å². The molecule has 1 heterocycles. The summed E-state index contributed by atoms with van der Waals surface area (Å²) in [6.45, 7) is 1.98. The zero-order valence-corrected chi connectivity index (χ0v) is 10.1. The number of fused-ring (bicyclic) bond motifs is 1. The third kappa shape index (κ3) is 1.98. The molecule has 0 unspecified atom stereocenters. The Kier molecular flexibility index (Phi) is 3.04. The summed E-state index contributed by atoms with van der Waals surface area (Å²) in [5.41, 5.74) is 1.05. The molecule has 0 spiro atoms. The summed E-state index contributed by atoms with van der Waals surface area (Å²) in [6.07, 6.45) is 0.741. The first-order valence-electron chi connectivity index (χ1n) is 5.38. The van der Waals surface area contributed by atoms with Gasteiger partial charge in [0.1, 0.15) is 17.1 Å². The molecule has 2 aromatic rings. The van der Waals surface area contributed by atoms with Crippen molar-refractivity contribution in [3.8, 4) is 11.5 Å². The van der Waals surface area contributed by atoms with Crippen molar-refractivity contribution < 1.29 is 13.9 Å². The Morgan fingerprint density at radius 1 is 1.18 bits per heavy atom. The third-order valence-corrected chi connectivity index (χ3v) is 2.70. The van der Waals surface area contributed by atoms with Gasteiger partial charge in [0.2, 0.25) is 0 Å². The van der Waals surface area contributed by atoms with E-state index >= 15 is 0 Å². The van der Waals surface area contributed by atoms with Crippen molar-refractivity contribution in [1.29, 1.82) is 0 Å². The maximum Gasteiger partial charge on any atom is 0.336 e. The van der Waals surface area contributed by atoms with E-state index in [0.717, 1.165) is 17.4 Å². The van der Waals surface area contributed by atoms with E-state index in [2.05, 4.69) is 0 Å². The van der Waals surface area contributed by atoms with Gasteiger partial charge >= 0.3 is 5.63 Å². The third-order valence-electron chi connectivity index (χ3n) is 2.70. The van der Waals surface area contributed by atoms with Crippen LogP contribution in [0.2, 0.25) is 0 Å². The topological polar surface area (TPSA) is 48.7 Å². The molecule has 2 rings (SSSR count). The molecule has 0 N–H and O–H groups in total. The Morgan fingerprint density at radius 2 is 1.94 bits per heavy atom. The van der Waals surface area contributed by atoms with Crippen LogP contribution in [-0.4, -0.2) is 14.2 Å². The van der Waals surface area contributed by atoms with E-state index in [1.54, 1.807) is 26.4 Å². The molecule has 0 radical (unpaired) electrons. The van der Waals surface area contributed by atoms with Crippen molar-refractivity contribution in [2.24, 2.45) is 0 Å². The highest BCUT2D eigenvalue weighted by atomic mass is 16.5. The van der Waals surface area contributed by atoms with E-state index in [1.807, 2.05) is 6.92 Å². The fourth-order valence-electron chi connectivity index (χ4n) is 1.87. The normalized spacial score (nSPS) is 10.5. The van der Waals surface area contributed by atoms with Gasteiger partial charge in [0.15, 0.2) is 0 Å². The summed E-state index contributed by atoms with van der Waals surface area (Å²) < 4.78 is 15.6. The van der Waals surface area contributed by atoms with Gasteiger partial charge < -0.3 is 13.9 Å². The minimum absolute atomic E-state index is 0.357. The fraction of sp³-hybridized carbons (Fsp3) is 0.308. The lowest BCUT2D eigenvalue weighted by Gasteiger charge is -2.10. The number of ether oxygens (including phenoxy) is 2. The average Bonchev–Trinajstić information content (AvgIpc) is 2.35. The number of aryl methyl sites for hydroxylation is 1. The zero-order chi connectivity index (χ0) is 12.4. The number of methoxy groups -OCH3 is 2. The van der Waals surface area contributed by atoms with Crippen molar-refractivity contribution in [3.05, 3.63) is 34.2 Å². The predicted molar refractivity (Wildman–Crippen MR) is 65.0 cm³/mol. The molecule has 0 bridgehead atoms. The monoisotopic (exact) mass is 234 g/mol. The smallest absolute Gasteiger partial charge is 0.336 e. The Morgan fingerprint density at radius 3 is 2.53 bits per heavy atom. The Bertz CT molecular complexity index is 598. The van der Waals surface area contributed by atoms with Gasteiger partial charge in [-0.3, -0.25) is 0 Å². The summed E-state index contributed by atoms with van der Waals surface area (Å²) >= 11 is 0. The molecule has 4 heteroatoms. The van der Waals surface area contributed by atoms with Gasteiger partial charge in [-0.1, -0.05) is 6.92 Å². The van der Waals surface area contributed by atoms with Crippen molar-refractivity contribution in [1.82, 2.24) is 0 Å². The number of rotatable bonds is 3. The lowest BCUT2D eigenvalue weighted by atomic mass is 10.1. The quantitative estimate of drug-likeness (QED) is 0.765. The summed E-state index contributed by atoms with van der Waals surface area (Å²) in [6, 6.07) is 4.97. The van der Waals surface area contributed by atoms with E-state index in [-0.39, 0.29) is 5.63 Å². The SMILES string of the molecule is CCc1cc(=O)oc2cc(OC)cc(OC)c12. The van der Waals surface area contributed by atoms with Crippen molar-refractivity contribution in [2.75, 3.05) is 14.2 Å². The van der Waals surface area contributed by atoms with Crippen LogP contribution >= 0.6 is 0 Å². The molecule has 0 saturated carbocycles. The fourth-order valence-corrected chi connectivity index (χ4v) is 1.87. The summed E-state index contributed by atoms with van der Waals surface area (Å²) in [5, 5.41) is 0.829. The largest absolute Gasteiger partial charge is 0.496 e. The lowest BCUT2D eigenvalue weighted by molar-refractivity contribution is 0.395. The summed E-state index contributed by atoms with van der Waals surface area (Å²) in [5.74, 6) is 1.26. The van der Waals surface area contributed by atoms with E-state index in [1.165, 1.54) is 6.07 Å². The van der Waals surface area contributed by atoms with Crippen LogP contribution in [0.5, 0.6) is 11.5 Å². The molecule has 4 nitrogen and oxygen atoms in total. The molecular weight excluding hydrogens is 220 g/mol. The number of hydrogen-bond donors (Lipinski definition) is 0. The molecule has 0 aliphatic heterocycles. The van der Waals surface area contributed by atoms with E-state index in [9.17, 15) is 4.79 Å². The highest BCUT2D eigenvalue weighted by Crippen LogP contribution is 2.32. The van der Waals surface area contributed by atoms with Crippen LogP contribution in [0.15, 0.2) is 27.4 Å². The molecule has 0 atom stereocenters. The first-order valence-corrected chi connectivity index (χ1v) is 5.38. The maximum absolute atomic E-state index is 11.4. The average molecular weight is 234 g/mol. The van der Waals surface area contributed by atoms with E-state index < -0.39 is 0 Å². The number of benzene rings is 1. The highest BCUT2D eigenvalue weighted by molar-refractivity contribution is 5.88. The Labute approximate surface area is 98.8 Å². The van der Waals surface area contributed by atoms with Crippen LogP contribution < -0.4 is 15.1 Å². The Hall–Kier alpha value is -1.97. The molecule has 0 saturated heterocycles. The van der Waals surface area contributed by atoms with Crippen molar-refractivity contribution in [3.63, 3.8) is 0 Å². The minimum Gasteiger partial charge on any atom is -0.496 e. The molecular formula is C13H14O4. The zero-order valence-electron chi connectivity index (χ0n) is 10.1. The molecule has 0 fully saturated rings. The molecule has 0 aliphatic carbocycles. The van der Waals surface area contributed by atoms with Gasteiger partial charge in [0.25, 0.3) is 0 Å². The maximum atomic E-state index is 11.4. The van der Waals surface area contributed by atoms with Gasteiger partial charge in [0, 0.05) is 18.2 Å². The minimum atomic E-state index is -0.357. The van der Waals surface area contributed by atoms with Crippen LogP contribution in [0, 0.1) is 0 Å². The van der Waals surface area contributed by atoms with Crippen molar-refractivity contribution >= 4 is 11.0 Å². The van der Waals surface area contributed by atoms with Crippen LogP contribution in [0.1, 0.15) is 12.5 Å². The lowest BCUT2D eigenvalue weighted by Crippen LogP contribution is -2.01. The van der Waals surface area contributed by atoms with Crippen LogP contribution in [0.25, 0.3) is 11.0 Å². The standard InChI is InChI=1S/C13H14O4/c1-4-8-5-12(14)17-11-7-9(15-2)6-10(16-3)13(8)11/h5-7H,4H2,1-3H3. The highest BCUT2D eigenvalue weighted by Gasteiger charge is 2.12. The van der Waals surface area contributed by atoms with Crippen LogP contribution in [-0.2, 0) is 6.42 Å². The van der Waals surface area contributed by atoms with Gasteiger partial charge in [-0.25, -0.2) is 4.79 Å². The second-order valence-corrected chi connectivity index (χ2v) is 3.65. The van der Waals surface area contributed by atoms with Gasteiger partial charge in [-0.2, -0.15) is 0 Å². The second-order valence-electron chi connectivity index (χ2n) is 3.65. The molecule has 1 aromatic heterocycles. The predicted octanol–water partition coefficient (Wildman–Crippen LogP) is 2.37. The first-order chi connectivity index (χ1) is 8.19. The van der Waals surface area contributed by atoms with Crippen molar-refractivity contribution in [2.45, 2.75) is 13.3 Å². The van der Waals surface area contributed by atoms with Crippen LogP contribution in [0.4, 0.5) is 0 Å². The summed E-state index contributed by atoms with van der Waals surface area (Å²) in [7, 11) is 3.14. The van der Waals surface area contributed by atoms with Gasteiger partial charge in [-0.05, 0) is 12.0 Å². The Balaban J connectivity index is 2.88. The molecule has 0 aliphatic rings. The molecule has 1 aromatic carbocycles. The molecule has 17 heavy (non-hydrogen) atoms. The second kappa shape index (κ2) is 4.49. The number of hydrogen-bond acceptors (Lipinski definition) is 4. The van der Waals surface area contributed by atoms with Gasteiger partial charge in [0.05, 0.1) is 19.6 Å². The van der Waals surface area contributed by atoms with Gasteiger partial charge in [-0.15, -0.1) is 0 Å². The molecule has 0 amide bonds. The first kappa shape index (κ1) is 11.5.